The number of carbonyl (C=O) groups is 3. The highest BCUT2D eigenvalue weighted by Gasteiger charge is 2.20. The van der Waals surface area contributed by atoms with Crippen LogP contribution in [0.2, 0.25) is 0 Å². The number of hydrogen-bond acceptors (Lipinski definition) is 6. The van der Waals surface area contributed by atoms with Crippen molar-refractivity contribution in [1.82, 2.24) is 0 Å². The Kier molecular flexibility index (Phi) is 70.5. The molecule has 0 aliphatic carbocycles. The Labute approximate surface area is 519 Å². The van der Waals surface area contributed by atoms with Gasteiger partial charge >= 0.3 is 17.9 Å². The second kappa shape index (κ2) is 72.4. The van der Waals surface area contributed by atoms with Gasteiger partial charge in [-0.05, 0) is 70.6 Å². The van der Waals surface area contributed by atoms with Crippen LogP contribution in [-0.2, 0) is 28.6 Å². The lowest BCUT2D eigenvalue weighted by Gasteiger charge is -2.18. The molecular formula is C77H146O6. The fourth-order valence-corrected chi connectivity index (χ4v) is 11.7. The molecule has 0 saturated heterocycles. The Morgan fingerprint density at radius 3 is 0.602 bits per heavy atom. The van der Waals surface area contributed by atoms with E-state index in [0.717, 1.165) is 57.8 Å². The highest BCUT2D eigenvalue weighted by atomic mass is 16.6. The molecule has 0 aromatic carbocycles. The first-order valence-electron chi connectivity index (χ1n) is 37.8. The number of rotatable bonds is 71. The van der Waals surface area contributed by atoms with Crippen molar-refractivity contribution in [3.8, 4) is 0 Å². The van der Waals surface area contributed by atoms with Crippen LogP contribution in [0.5, 0.6) is 0 Å². The van der Waals surface area contributed by atoms with E-state index in [9.17, 15) is 14.4 Å². The first-order valence-corrected chi connectivity index (χ1v) is 37.8. The normalized spacial score (nSPS) is 12.1. The lowest BCUT2D eigenvalue weighted by Crippen LogP contribution is -2.30. The smallest absolute Gasteiger partial charge is 0.306 e. The van der Waals surface area contributed by atoms with E-state index in [1.807, 2.05) is 0 Å². The number of unbranched alkanes of at least 4 members (excludes halogenated alkanes) is 56. The van der Waals surface area contributed by atoms with Crippen molar-refractivity contribution in [2.45, 2.75) is 438 Å². The zero-order chi connectivity index (χ0) is 59.9. The van der Waals surface area contributed by atoms with Crippen LogP contribution in [-0.4, -0.2) is 37.2 Å². The van der Waals surface area contributed by atoms with E-state index in [2.05, 4.69) is 45.1 Å². The van der Waals surface area contributed by atoms with Crippen LogP contribution < -0.4 is 0 Å². The van der Waals surface area contributed by atoms with Crippen LogP contribution in [0.25, 0.3) is 0 Å². The molecule has 0 radical (unpaired) electrons. The van der Waals surface area contributed by atoms with E-state index in [1.165, 1.54) is 334 Å². The van der Waals surface area contributed by atoms with Gasteiger partial charge in [-0.2, -0.15) is 0 Å². The standard InChI is InChI=1S/C77H146O6/c1-4-7-10-13-16-19-22-25-27-29-30-31-32-33-34-35-36-37-38-39-40-41-42-43-44-45-46-48-49-52-55-58-61-64-67-70-76(79)82-73-74(72-81-75(78)69-66-63-60-57-54-51-24-21-18-15-12-9-6-3)83-77(80)71-68-65-62-59-56-53-50-47-28-26-23-20-17-14-11-8-5-2/h26,28-30,74H,4-25,27,31-73H2,1-3H3/b28-26-,30-29-. The van der Waals surface area contributed by atoms with Crippen LogP contribution in [0.15, 0.2) is 24.3 Å². The van der Waals surface area contributed by atoms with Crippen molar-refractivity contribution >= 4 is 17.9 Å². The minimum atomic E-state index is -0.770. The first-order chi connectivity index (χ1) is 41.0. The van der Waals surface area contributed by atoms with Crippen molar-refractivity contribution < 1.29 is 28.6 Å². The molecule has 6 nitrogen and oxygen atoms in total. The van der Waals surface area contributed by atoms with Crippen molar-refractivity contribution in [2.75, 3.05) is 13.2 Å². The minimum Gasteiger partial charge on any atom is -0.462 e. The fourth-order valence-electron chi connectivity index (χ4n) is 11.7. The summed E-state index contributed by atoms with van der Waals surface area (Å²) in [5.41, 5.74) is 0. The molecule has 1 unspecified atom stereocenters. The van der Waals surface area contributed by atoms with Gasteiger partial charge in [0.25, 0.3) is 0 Å². The van der Waals surface area contributed by atoms with Crippen molar-refractivity contribution in [2.24, 2.45) is 0 Å². The molecule has 0 aromatic rings. The van der Waals surface area contributed by atoms with Crippen molar-refractivity contribution in [3.63, 3.8) is 0 Å². The topological polar surface area (TPSA) is 78.9 Å². The molecule has 0 saturated carbocycles. The van der Waals surface area contributed by atoms with Gasteiger partial charge in [0, 0.05) is 19.3 Å². The lowest BCUT2D eigenvalue weighted by molar-refractivity contribution is -0.167. The van der Waals surface area contributed by atoms with Crippen LogP contribution in [0.3, 0.4) is 0 Å². The van der Waals surface area contributed by atoms with Gasteiger partial charge in [-0.1, -0.05) is 366 Å². The third-order valence-corrected chi connectivity index (χ3v) is 17.4. The third-order valence-electron chi connectivity index (χ3n) is 17.4. The summed E-state index contributed by atoms with van der Waals surface area (Å²) in [6.07, 6.45) is 89.6. The number of carbonyl (C=O) groups excluding carboxylic acids is 3. The van der Waals surface area contributed by atoms with E-state index < -0.39 is 6.10 Å². The molecule has 0 aliphatic heterocycles. The molecule has 0 bridgehead atoms. The summed E-state index contributed by atoms with van der Waals surface area (Å²) >= 11 is 0. The fraction of sp³-hybridized carbons (Fsp3) is 0.909. The van der Waals surface area contributed by atoms with Gasteiger partial charge in [0.1, 0.15) is 13.2 Å². The quantitative estimate of drug-likeness (QED) is 0.0261. The van der Waals surface area contributed by atoms with Gasteiger partial charge in [0.15, 0.2) is 6.10 Å². The Morgan fingerprint density at radius 1 is 0.229 bits per heavy atom. The Morgan fingerprint density at radius 2 is 0.398 bits per heavy atom. The summed E-state index contributed by atoms with van der Waals surface area (Å²) in [7, 11) is 0. The first kappa shape index (κ1) is 80.9. The molecule has 0 amide bonds. The van der Waals surface area contributed by atoms with Crippen LogP contribution in [0, 0.1) is 0 Å². The number of ether oxygens (including phenoxy) is 3. The predicted octanol–water partition coefficient (Wildman–Crippen LogP) is 26.1. The van der Waals surface area contributed by atoms with E-state index >= 15 is 0 Å². The molecule has 0 spiro atoms. The summed E-state index contributed by atoms with van der Waals surface area (Å²) in [6, 6.07) is 0. The summed E-state index contributed by atoms with van der Waals surface area (Å²) < 4.78 is 17.0. The Bertz CT molecular complexity index is 1340. The van der Waals surface area contributed by atoms with Crippen molar-refractivity contribution in [3.05, 3.63) is 24.3 Å². The predicted molar refractivity (Wildman–Crippen MR) is 363 cm³/mol. The highest BCUT2D eigenvalue weighted by molar-refractivity contribution is 5.71. The largest absolute Gasteiger partial charge is 0.462 e. The van der Waals surface area contributed by atoms with Gasteiger partial charge < -0.3 is 14.2 Å². The molecule has 0 N–H and O–H groups in total. The van der Waals surface area contributed by atoms with Gasteiger partial charge in [-0.15, -0.1) is 0 Å². The van der Waals surface area contributed by atoms with Gasteiger partial charge in [0.2, 0.25) is 0 Å². The van der Waals surface area contributed by atoms with Crippen molar-refractivity contribution in [1.29, 1.82) is 0 Å². The van der Waals surface area contributed by atoms with Gasteiger partial charge in [0.05, 0.1) is 0 Å². The summed E-state index contributed by atoms with van der Waals surface area (Å²) in [5, 5.41) is 0. The summed E-state index contributed by atoms with van der Waals surface area (Å²) in [5.74, 6) is -0.837. The molecule has 0 aliphatic rings. The van der Waals surface area contributed by atoms with Crippen LogP contribution >= 0.6 is 0 Å². The molecule has 0 rings (SSSR count). The van der Waals surface area contributed by atoms with Crippen LogP contribution in [0.4, 0.5) is 0 Å². The van der Waals surface area contributed by atoms with E-state index in [1.54, 1.807) is 0 Å². The zero-order valence-corrected chi connectivity index (χ0v) is 56.5. The van der Waals surface area contributed by atoms with E-state index in [4.69, 9.17) is 14.2 Å². The SMILES string of the molecule is CCCCCCCC/C=C\CCCCCCCCCC(=O)OC(COC(=O)CCCCCCCCCCCCCCC)COC(=O)CCCCCCCCCCCCCCCCCCCCCCCCC/C=C\CCCCCCCCCC. The van der Waals surface area contributed by atoms with E-state index in [0.29, 0.717) is 19.3 Å². The summed E-state index contributed by atoms with van der Waals surface area (Å²) in [6.45, 7) is 6.71. The maximum Gasteiger partial charge on any atom is 0.306 e. The molecule has 0 aromatic heterocycles. The molecule has 6 heteroatoms. The molecule has 0 heterocycles. The molecular weight excluding hydrogens is 1020 g/mol. The third kappa shape index (κ3) is 70.5. The molecule has 0 fully saturated rings. The number of esters is 3. The Hall–Kier alpha value is -2.11. The number of hydrogen-bond donors (Lipinski definition) is 0. The number of allylic oxidation sites excluding steroid dienone is 4. The maximum atomic E-state index is 12.9. The minimum absolute atomic E-state index is 0.0661. The molecule has 1 atom stereocenters. The second-order valence-corrected chi connectivity index (χ2v) is 25.9. The molecule has 83 heavy (non-hydrogen) atoms. The zero-order valence-electron chi connectivity index (χ0n) is 56.5. The molecule has 490 valence electrons. The average Bonchev–Trinajstić information content (AvgIpc) is 3.49. The van der Waals surface area contributed by atoms with Gasteiger partial charge in [-0.25, -0.2) is 0 Å². The maximum absolute atomic E-state index is 12.9. The van der Waals surface area contributed by atoms with Gasteiger partial charge in [-0.3, -0.25) is 14.4 Å². The lowest BCUT2D eigenvalue weighted by atomic mass is 10.0. The highest BCUT2D eigenvalue weighted by Crippen LogP contribution is 2.19. The Balaban J connectivity index is 4.06. The average molecular weight is 1170 g/mol. The van der Waals surface area contributed by atoms with E-state index in [-0.39, 0.29) is 31.1 Å². The summed E-state index contributed by atoms with van der Waals surface area (Å²) in [4.78, 5) is 38.4. The monoisotopic (exact) mass is 1170 g/mol. The second-order valence-electron chi connectivity index (χ2n) is 25.9. The van der Waals surface area contributed by atoms with Crippen LogP contribution in [0.1, 0.15) is 432 Å².